The van der Waals surface area contributed by atoms with Crippen molar-refractivity contribution in [3.05, 3.63) is 12.7 Å². The lowest BCUT2D eigenvalue weighted by Gasteiger charge is -2.50. The minimum absolute atomic E-state index is 0.0708. The van der Waals surface area contributed by atoms with Crippen LogP contribution in [0.5, 0.6) is 0 Å². The molecule has 0 amide bonds. The fourth-order valence-corrected chi connectivity index (χ4v) is 3.07. The van der Waals surface area contributed by atoms with E-state index in [1.165, 1.54) is 19.4 Å². The highest BCUT2D eigenvalue weighted by atomic mass is 16.7. The molecule has 2 bridgehead atoms. The molecule has 0 aliphatic carbocycles. The number of rotatable bonds is 4. The van der Waals surface area contributed by atoms with E-state index in [4.69, 9.17) is 9.47 Å². The molecule has 3 rings (SSSR count). The Labute approximate surface area is 92.0 Å². The van der Waals surface area contributed by atoms with Gasteiger partial charge in [0.05, 0.1) is 6.04 Å². The van der Waals surface area contributed by atoms with Crippen molar-refractivity contribution in [3.8, 4) is 0 Å². The van der Waals surface area contributed by atoms with Crippen LogP contribution in [0.4, 0.5) is 0 Å². The summed E-state index contributed by atoms with van der Waals surface area (Å²) in [5, 5.41) is 0. The van der Waals surface area contributed by atoms with Crippen LogP contribution in [0.3, 0.4) is 0 Å². The van der Waals surface area contributed by atoms with E-state index in [-0.39, 0.29) is 6.29 Å². The normalized spacial score (nSPS) is 39.7. The topological polar surface area (TPSA) is 21.7 Å². The summed E-state index contributed by atoms with van der Waals surface area (Å²) in [7, 11) is 3.45. The summed E-state index contributed by atoms with van der Waals surface area (Å²) in [6.45, 7) is 6.23. The molecule has 15 heavy (non-hydrogen) atoms. The van der Waals surface area contributed by atoms with E-state index >= 15 is 0 Å². The van der Waals surface area contributed by atoms with Crippen molar-refractivity contribution in [1.29, 1.82) is 0 Å². The van der Waals surface area contributed by atoms with Crippen LogP contribution in [0, 0.1) is 11.8 Å². The zero-order valence-corrected chi connectivity index (χ0v) is 9.69. The van der Waals surface area contributed by atoms with Gasteiger partial charge in [-0.3, -0.25) is 4.90 Å². The van der Waals surface area contributed by atoms with E-state index in [2.05, 4.69) is 17.6 Å². The highest BCUT2D eigenvalue weighted by Crippen LogP contribution is 2.38. The molecule has 0 aromatic rings. The summed E-state index contributed by atoms with van der Waals surface area (Å²) >= 11 is 0. The monoisotopic (exact) mass is 211 g/mol. The smallest absolute Gasteiger partial charge is 0.172 e. The van der Waals surface area contributed by atoms with E-state index in [1.54, 1.807) is 14.2 Å². The van der Waals surface area contributed by atoms with Gasteiger partial charge < -0.3 is 9.47 Å². The van der Waals surface area contributed by atoms with Crippen LogP contribution in [0.1, 0.15) is 12.8 Å². The molecule has 3 aliphatic heterocycles. The molecule has 3 saturated heterocycles. The number of hydrogen-bond acceptors (Lipinski definition) is 3. The molecule has 0 aromatic carbocycles. The Hall–Kier alpha value is -0.380. The Bertz CT molecular complexity index is 228. The minimum atomic E-state index is -0.0708. The van der Waals surface area contributed by atoms with Crippen LogP contribution in [0.2, 0.25) is 0 Å². The standard InChI is InChI=1S/C12H21NO2/c1-4-9-8-13-6-5-10(9)7-11(13)12(14-2)15-3/h4,9-12H,1,5-8H2,2-3H3/t9-,10-,11-/m0/s1. The lowest BCUT2D eigenvalue weighted by Crippen LogP contribution is -2.57. The molecule has 86 valence electrons. The molecular weight excluding hydrogens is 190 g/mol. The van der Waals surface area contributed by atoms with E-state index < -0.39 is 0 Å². The Morgan fingerprint density at radius 1 is 1.40 bits per heavy atom. The van der Waals surface area contributed by atoms with Crippen molar-refractivity contribution in [3.63, 3.8) is 0 Å². The molecule has 3 heteroatoms. The summed E-state index contributed by atoms with van der Waals surface area (Å²) in [5.41, 5.74) is 0. The quantitative estimate of drug-likeness (QED) is 0.519. The van der Waals surface area contributed by atoms with Crippen LogP contribution in [0.25, 0.3) is 0 Å². The predicted molar refractivity (Wildman–Crippen MR) is 59.6 cm³/mol. The van der Waals surface area contributed by atoms with Crippen molar-refractivity contribution in [2.75, 3.05) is 27.3 Å². The fourth-order valence-electron chi connectivity index (χ4n) is 3.07. The number of ether oxygens (including phenoxy) is 2. The van der Waals surface area contributed by atoms with Gasteiger partial charge in [0.25, 0.3) is 0 Å². The number of piperidine rings is 3. The molecule has 3 heterocycles. The van der Waals surface area contributed by atoms with Crippen LogP contribution in [-0.4, -0.2) is 44.5 Å². The summed E-state index contributed by atoms with van der Waals surface area (Å²) in [5.74, 6) is 1.45. The summed E-state index contributed by atoms with van der Waals surface area (Å²) < 4.78 is 10.7. The van der Waals surface area contributed by atoms with Crippen molar-refractivity contribution in [2.24, 2.45) is 11.8 Å². The first-order valence-electron chi connectivity index (χ1n) is 5.72. The van der Waals surface area contributed by atoms with Gasteiger partial charge in [0.1, 0.15) is 0 Å². The first-order valence-corrected chi connectivity index (χ1v) is 5.72. The first-order chi connectivity index (χ1) is 7.30. The summed E-state index contributed by atoms with van der Waals surface area (Å²) in [4.78, 5) is 2.49. The van der Waals surface area contributed by atoms with Crippen molar-refractivity contribution in [1.82, 2.24) is 4.90 Å². The molecule has 3 nitrogen and oxygen atoms in total. The highest BCUT2D eigenvalue weighted by Gasteiger charge is 2.42. The van der Waals surface area contributed by atoms with Crippen LogP contribution >= 0.6 is 0 Å². The maximum absolute atomic E-state index is 5.37. The lowest BCUT2D eigenvalue weighted by atomic mass is 9.75. The SMILES string of the molecule is C=C[C@H]1CN2CC[C@H]1C[C@H]2C(OC)OC. The van der Waals surface area contributed by atoms with Crippen LogP contribution in [-0.2, 0) is 9.47 Å². The van der Waals surface area contributed by atoms with Gasteiger partial charge in [-0.2, -0.15) is 0 Å². The van der Waals surface area contributed by atoms with Gasteiger partial charge in [0.2, 0.25) is 0 Å². The largest absolute Gasteiger partial charge is 0.354 e. The third-order valence-corrected chi connectivity index (χ3v) is 3.93. The zero-order valence-electron chi connectivity index (χ0n) is 9.69. The molecule has 3 fully saturated rings. The maximum atomic E-state index is 5.37. The Balaban J connectivity index is 2.04. The molecule has 0 aromatic heterocycles. The molecule has 1 unspecified atom stereocenters. The molecule has 0 radical (unpaired) electrons. The first kappa shape index (κ1) is 11.1. The van der Waals surface area contributed by atoms with Crippen LogP contribution in [0.15, 0.2) is 12.7 Å². The van der Waals surface area contributed by atoms with Gasteiger partial charge in [0.15, 0.2) is 6.29 Å². The number of methoxy groups -OCH3 is 2. The van der Waals surface area contributed by atoms with Gasteiger partial charge in [-0.1, -0.05) is 6.08 Å². The van der Waals surface area contributed by atoms with Gasteiger partial charge in [0, 0.05) is 20.8 Å². The second kappa shape index (κ2) is 4.64. The minimum Gasteiger partial charge on any atom is -0.354 e. The predicted octanol–water partition coefficient (Wildman–Crippen LogP) is 1.50. The Morgan fingerprint density at radius 2 is 2.13 bits per heavy atom. The van der Waals surface area contributed by atoms with Crippen molar-refractivity contribution >= 4 is 0 Å². The third-order valence-electron chi connectivity index (χ3n) is 3.93. The van der Waals surface area contributed by atoms with Gasteiger partial charge in [-0.15, -0.1) is 6.58 Å². The molecule has 0 spiro atoms. The Kier molecular flexibility index (Phi) is 3.44. The summed E-state index contributed by atoms with van der Waals surface area (Å²) in [6.07, 6.45) is 4.52. The second-order valence-electron chi connectivity index (χ2n) is 4.59. The van der Waals surface area contributed by atoms with E-state index in [1.807, 2.05) is 0 Å². The highest BCUT2D eigenvalue weighted by molar-refractivity contribution is 4.99. The summed E-state index contributed by atoms with van der Waals surface area (Å²) in [6, 6.07) is 0.440. The molecule has 3 aliphatic rings. The molecule has 0 N–H and O–H groups in total. The van der Waals surface area contributed by atoms with Gasteiger partial charge >= 0.3 is 0 Å². The van der Waals surface area contributed by atoms with Gasteiger partial charge in [-0.05, 0) is 31.2 Å². The number of nitrogens with zero attached hydrogens (tertiary/aromatic N) is 1. The van der Waals surface area contributed by atoms with Crippen molar-refractivity contribution < 1.29 is 9.47 Å². The average molecular weight is 211 g/mol. The van der Waals surface area contributed by atoms with Crippen LogP contribution < -0.4 is 0 Å². The average Bonchev–Trinajstić information content (AvgIpc) is 2.31. The number of fused-ring (bicyclic) bond motifs is 3. The Morgan fingerprint density at radius 3 is 2.60 bits per heavy atom. The third kappa shape index (κ3) is 1.96. The number of hydrogen-bond donors (Lipinski definition) is 0. The molecule has 4 atom stereocenters. The van der Waals surface area contributed by atoms with E-state index in [0.29, 0.717) is 12.0 Å². The molecule has 0 saturated carbocycles. The van der Waals surface area contributed by atoms with E-state index in [0.717, 1.165) is 12.5 Å². The second-order valence-corrected chi connectivity index (χ2v) is 4.59. The molecular formula is C12H21NO2. The lowest BCUT2D eigenvalue weighted by molar-refractivity contribution is -0.173. The van der Waals surface area contributed by atoms with Crippen molar-refractivity contribution in [2.45, 2.75) is 25.2 Å². The van der Waals surface area contributed by atoms with E-state index in [9.17, 15) is 0 Å². The van der Waals surface area contributed by atoms with Gasteiger partial charge in [-0.25, -0.2) is 0 Å². The zero-order chi connectivity index (χ0) is 10.8. The fraction of sp³-hybridized carbons (Fsp3) is 0.833. The maximum Gasteiger partial charge on any atom is 0.172 e.